The van der Waals surface area contributed by atoms with Crippen LogP contribution in [0, 0.1) is 22.2 Å². The van der Waals surface area contributed by atoms with E-state index in [2.05, 4.69) is 10.6 Å². The quantitative estimate of drug-likeness (QED) is 0.244. The summed E-state index contributed by atoms with van der Waals surface area (Å²) < 4.78 is 19.3. The molecule has 0 aliphatic heterocycles. The number of aromatic nitrogens is 3. The average molecular weight is 704 g/mol. The number of aliphatic hydroxyl groups excluding tert-OH is 1. The minimum absolute atomic E-state index is 0.0804. The van der Waals surface area contributed by atoms with Crippen LogP contribution in [-0.4, -0.2) is 30.8 Å². The monoisotopic (exact) mass is 703 g/mol. The Balaban J connectivity index is 0.000000641. The number of rotatable bonds is 6. The molecule has 1 saturated carbocycles. The fraction of sp³-hybridized carbons (Fsp3) is 0.355. The van der Waals surface area contributed by atoms with Crippen LogP contribution in [0.15, 0.2) is 56.8 Å². The van der Waals surface area contributed by atoms with E-state index in [0.717, 1.165) is 0 Å². The van der Waals surface area contributed by atoms with Gasteiger partial charge in [0.25, 0.3) is 11.1 Å². The van der Waals surface area contributed by atoms with Crippen LogP contribution in [0.2, 0.25) is 0 Å². The number of hydrogen-bond acceptors (Lipinski definition) is 6. The summed E-state index contributed by atoms with van der Waals surface area (Å²) in [4.78, 5) is 52.6. The third-order valence-electron chi connectivity index (χ3n) is 7.33. The van der Waals surface area contributed by atoms with Gasteiger partial charge in [0.2, 0.25) is 5.91 Å². The minimum atomic E-state index is -0.581. The molecule has 1 amide bonds. The van der Waals surface area contributed by atoms with Crippen molar-refractivity contribution >= 4 is 56.6 Å². The third-order valence-corrected chi connectivity index (χ3v) is 8.00. The minimum Gasteiger partial charge on any atom is -0.393 e. The maximum atomic E-state index is 14.8. The van der Waals surface area contributed by atoms with Gasteiger partial charge in [0.1, 0.15) is 17.0 Å². The highest BCUT2D eigenvalue weighted by Gasteiger charge is 2.31. The predicted octanol–water partition coefficient (Wildman–Crippen LogP) is 4.96. The van der Waals surface area contributed by atoms with E-state index in [1.807, 2.05) is 36.4 Å². The molecule has 10 nitrogen and oxygen atoms in total. The van der Waals surface area contributed by atoms with E-state index in [9.17, 15) is 23.6 Å². The Morgan fingerprint density at radius 1 is 1.07 bits per heavy atom. The molecule has 1 aliphatic rings. The summed E-state index contributed by atoms with van der Waals surface area (Å²) in [6.45, 7) is 8.70. The number of nitrogens with zero attached hydrogens (tertiary/aromatic N) is 3. The van der Waals surface area contributed by atoms with Crippen molar-refractivity contribution < 1.29 is 14.3 Å². The van der Waals surface area contributed by atoms with Gasteiger partial charge in [0, 0.05) is 34.8 Å². The van der Waals surface area contributed by atoms with Gasteiger partial charge in [0.15, 0.2) is 0 Å². The molecule has 1 aliphatic carbocycles. The molecule has 43 heavy (non-hydrogen) atoms. The van der Waals surface area contributed by atoms with Crippen molar-refractivity contribution in [3.05, 3.63) is 88.6 Å². The Kier molecular flexibility index (Phi) is 9.60. The van der Waals surface area contributed by atoms with E-state index in [1.54, 1.807) is 44.2 Å². The Morgan fingerprint density at radius 2 is 1.72 bits per heavy atom. The number of halogens is 2. The lowest BCUT2D eigenvalue weighted by molar-refractivity contribution is -0.114. The van der Waals surface area contributed by atoms with Gasteiger partial charge >= 0.3 is 5.69 Å². The van der Waals surface area contributed by atoms with Crippen molar-refractivity contribution in [3.63, 3.8) is 0 Å². The second kappa shape index (κ2) is 12.8. The lowest BCUT2D eigenvalue weighted by atomic mass is 10.1. The molecular weight excluding hydrogens is 668 g/mol. The van der Waals surface area contributed by atoms with Crippen LogP contribution in [0.3, 0.4) is 0 Å². The van der Waals surface area contributed by atoms with Crippen molar-refractivity contribution in [1.29, 1.82) is 0 Å². The number of amides is 1. The molecule has 1 fully saturated rings. The van der Waals surface area contributed by atoms with Gasteiger partial charge in [-0.3, -0.25) is 28.1 Å². The van der Waals surface area contributed by atoms with Crippen LogP contribution in [-0.2, 0) is 11.8 Å². The number of carbonyl (C=O) groups is 1. The normalized spacial score (nSPS) is 13.4. The molecular formula is C31H35FIN5O5. The molecule has 0 radical (unpaired) electrons. The summed E-state index contributed by atoms with van der Waals surface area (Å²) in [5.41, 5.74) is -0.351. The zero-order chi connectivity index (χ0) is 31.7. The van der Waals surface area contributed by atoms with E-state index in [-0.39, 0.29) is 46.0 Å². The van der Waals surface area contributed by atoms with Crippen molar-refractivity contribution in [3.8, 4) is 5.69 Å². The Bertz CT molecular complexity index is 1880. The Morgan fingerprint density at radius 3 is 2.28 bits per heavy atom. The molecule has 0 bridgehead atoms. The first-order valence-electron chi connectivity index (χ1n) is 13.9. The van der Waals surface area contributed by atoms with Crippen molar-refractivity contribution in [2.24, 2.45) is 13.0 Å². The summed E-state index contributed by atoms with van der Waals surface area (Å²) >= 11 is 1.99. The summed E-state index contributed by atoms with van der Waals surface area (Å²) in [6, 6.07) is 10.9. The van der Waals surface area contributed by atoms with Crippen LogP contribution >= 0.6 is 22.6 Å². The lowest BCUT2D eigenvalue weighted by Crippen LogP contribution is -2.41. The van der Waals surface area contributed by atoms with Gasteiger partial charge in [-0.05, 0) is 91.6 Å². The SMILES string of the molecule is CC(=O)Nc1cccc(-n2c(=O)n(C3CC3)c(=O)c3c(Nc4ccc(I)cc4F)n(C)c(=O)c(C)c32)c1.CC(C)C(C)O. The number of aryl methyl sites for hydroxylation is 1. The fourth-order valence-electron chi connectivity index (χ4n) is 4.50. The van der Waals surface area contributed by atoms with E-state index in [4.69, 9.17) is 5.11 Å². The van der Waals surface area contributed by atoms with Crippen molar-refractivity contribution in [2.45, 2.75) is 59.6 Å². The molecule has 0 spiro atoms. The molecule has 3 N–H and O–H groups in total. The molecule has 2 heterocycles. The summed E-state index contributed by atoms with van der Waals surface area (Å²) in [5, 5.41) is 14.4. The number of anilines is 3. The number of hydrogen-bond donors (Lipinski definition) is 3. The van der Waals surface area contributed by atoms with Gasteiger partial charge in [-0.15, -0.1) is 0 Å². The summed E-state index contributed by atoms with van der Waals surface area (Å²) in [7, 11) is 1.50. The van der Waals surface area contributed by atoms with Crippen molar-refractivity contribution in [2.75, 3.05) is 10.6 Å². The van der Waals surface area contributed by atoms with Crippen molar-refractivity contribution in [1.82, 2.24) is 13.7 Å². The molecule has 0 saturated heterocycles. The maximum Gasteiger partial charge on any atom is 0.336 e. The standard InChI is InChI=1S/C26H23FIN5O4.C5H12O/c1-13-22-21(23(31(3)24(13)35)30-20-10-7-15(28)11-19(20)27)25(36)33(17-8-9-17)26(37)32(22)18-6-4-5-16(12-18)29-14(2)34;1-4(2)5(3)6/h4-7,10-12,17,30H,8-9H2,1-3H3,(H,29,34);4-6H,1-3H3. The zero-order valence-electron chi connectivity index (χ0n) is 24.9. The predicted molar refractivity (Wildman–Crippen MR) is 175 cm³/mol. The highest BCUT2D eigenvalue weighted by molar-refractivity contribution is 14.1. The number of nitrogens with one attached hydrogen (secondary N) is 2. The number of pyridine rings is 1. The van der Waals surface area contributed by atoms with Crippen LogP contribution < -0.4 is 27.4 Å². The third kappa shape index (κ3) is 6.74. The summed E-state index contributed by atoms with van der Waals surface area (Å²) in [5.74, 6) is -0.345. The van der Waals surface area contributed by atoms with Gasteiger partial charge in [-0.25, -0.2) is 9.18 Å². The Labute approximate surface area is 261 Å². The molecule has 1 unspecified atom stereocenters. The van der Waals surface area contributed by atoms with Gasteiger partial charge in [-0.1, -0.05) is 19.9 Å². The highest BCUT2D eigenvalue weighted by Crippen LogP contribution is 2.34. The number of benzene rings is 2. The van der Waals surface area contributed by atoms with Gasteiger partial charge in [0.05, 0.1) is 23.0 Å². The first-order valence-corrected chi connectivity index (χ1v) is 15.0. The van der Waals surface area contributed by atoms with Gasteiger partial charge in [-0.2, -0.15) is 0 Å². The largest absolute Gasteiger partial charge is 0.393 e. The molecule has 228 valence electrons. The summed E-state index contributed by atoms with van der Waals surface area (Å²) in [6.07, 6.45) is 1.20. The molecule has 4 aromatic rings. The fourth-order valence-corrected chi connectivity index (χ4v) is 4.95. The van der Waals surface area contributed by atoms with E-state index >= 15 is 0 Å². The second-order valence-corrected chi connectivity index (χ2v) is 12.3. The molecule has 12 heteroatoms. The van der Waals surface area contributed by atoms with Crippen LogP contribution in [0.4, 0.5) is 21.6 Å². The lowest BCUT2D eigenvalue weighted by Gasteiger charge is -2.21. The second-order valence-electron chi connectivity index (χ2n) is 11.1. The first kappa shape index (κ1) is 32.1. The van der Waals surface area contributed by atoms with E-state index in [1.165, 1.54) is 39.8 Å². The number of carbonyl (C=O) groups excluding carboxylic acids is 1. The van der Waals surface area contributed by atoms with E-state index < -0.39 is 22.6 Å². The smallest absolute Gasteiger partial charge is 0.336 e. The number of fused-ring (bicyclic) bond motifs is 1. The maximum absolute atomic E-state index is 14.8. The molecule has 5 rings (SSSR count). The first-order chi connectivity index (χ1) is 20.2. The Hall–Kier alpha value is -3.78. The molecule has 2 aromatic heterocycles. The number of aliphatic hydroxyl groups is 1. The topological polar surface area (TPSA) is 127 Å². The zero-order valence-corrected chi connectivity index (χ0v) is 27.0. The van der Waals surface area contributed by atoms with E-state index in [0.29, 0.717) is 33.7 Å². The van der Waals surface area contributed by atoms with Crippen LogP contribution in [0.5, 0.6) is 0 Å². The van der Waals surface area contributed by atoms with Gasteiger partial charge < -0.3 is 15.7 Å². The molecule has 1 atom stereocenters. The average Bonchev–Trinajstić information content (AvgIpc) is 3.76. The van der Waals surface area contributed by atoms with Crippen LogP contribution in [0.1, 0.15) is 52.1 Å². The van der Waals surface area contributed by atoms with Crippen LogP contribution in [0.25, 0.3) is 16.6 Å². The molecule has 2 aromatic carbocycles. The highest BCUT2D eigenvalue weighted by atomic mass is 127.